The minimum Gasteiger partial charge on any atom is -0.497 e. The normalized spacial score (nSPS) is 19.3. The Balaban J connectivity index is 1.91. The molecule has 0 bridgehead atoms. The average Bonchev–Trinajstić information content (AvgIpc) is 2.97. The number of carbonyl (C=O) groups is 2. The lowest BCUT2D eigenvalue weighted by Gasteiger charge is -2.19. The summed E-state index contributed by atoms with van der Waals surface area (Å²) >= 11 is 0. The molecule has 1 N–H and O–H groups in total. The van der Waals surface area contributed by atoms with E-state index in [1.807, 2.05) is 31.2 Å². The number of methoxy groups -OCH3 is 1. The molecular formula is C16H21NO4. The molecule has 5 heteroatoms. The largest absolute Gasteiger partial charge is 0.497 e. The number of carboxylic acid groups (broad SMARTS) is 1. The summed E-state index contributed by atoms with van der Waals surface area (Å²) in [4.78, 5) is 24.8. The fourth-order valence-corrected chi connectivity index (χ4v) is 2.63. The van der Waals surface area contributed by atoms with Crippen LogP contribution in [-0.2, 0) is 9.59 Å². The number of hydrogen-bond acceptors (Lipinski definition) is 3. The molecule has 0 aromatic heterocycles. The van der Waals surface area contributed by atoms with Crippen LogP contribution in [-0.4, -0.2) is 42.1 Å². The van der Waals surface area contributed by atoms with E-state index in [1.165, 1.54) is 0 Å². The van der Waals surface area contributed by atoms with Gasteiger partial charge in [0.1, 0.15) is 5.75 Å². The fourth-order valence-electron chi connectivity index (χ4n) is 2.63. The Morgan fingerprint density at radius 3 is 2.57 bits per heavy atom. The molecule has 1 saturated heterocycles. The molecule has 114 valence electrons. The Morgan fingerprint density at radius 1 is 1.38 bits per heavy atom. The van der Waals surface area contributed by atoms with Gasteiger partial charge in [-0.25, -0.2) is 0 Å². The van der Waals surface area contributed by atoms with Crippen LogP contribution in [0.4, 0.5) is 0 Å². The number of amides is 1. The van der Waals surface area contributed by atoms with Gasteiger partial charge in [-0.15, -0.1) is 0 Å². The third kappa shape index (κ3) is 3.74. The zero-order chi connectivity index (χ0) is 15.4. The summed E-state index contributed by atoms with van der Waals surface area (Å²) in [5.41, 5.74) is 1.08. The van der Waals surface area contributed by atoms with Crippen molar-refractivity contribution in [2.45, 2.75) is 25.7 Å². The predicted molar refractivity (Wildman–Crippen MR) is 78.3 cm³/mol. The molecule has 1 fully saturated rings. The highest BCUT2D eigenvalue weighted by atomic mass is 16.5. The van der Waals surface area contributed by atoms with Gasteiger partial charge < -0.3 is 14.7 Å². The minimum absolute atomic E-state index is 0.0297. The van der Waals surface area contributed by atoms with E-state index in [2.05, 4.69) is 0 Å². The molecule has 1 heterocycles. The highest BCUT2D eigenvalue weighted by Gasteiger charge is 2.31. The van der Waals surface area contributed by atoms with E-state index in [4.69, 9.17) is 9.84 Å². The van der Waals surface area contributed by atoms with Gasteiger partial charge in [-0.05, 0) is 30.0 Å². The monoisotopic (exact) mass is 291 g/mol. The molecule has 0 aliphatic carbocycles. The SMILES string of the molecule is COc1ccc(C(C)CC(=O)N2CCC(C(=O)O)C2)cc1. The maximum atomic E-state index is 12.2. The van der Waals surface area contributed by atoms with E-state index in [1.54, 1.807) is 12.0 Å². The highest BCUT2D eigenvalue weighted by molar-refractivity contribution is 5.79. The van der Waals surface area contributed by atoms with Crippen LogP contribution in [0.15, 0.2) is 24.3 Å². The molecule has 1 aromatic rings. The number of benzene rings is 1. The van der Waals surface area contributed by atoms with Crippen LogP contribution in [0, 0.1) is 5.92 Å². The summed E-state index contributed by atoms with van der Waals surface area (Å²) < 4.78 is 5.11. The van der Waals surface area contributed by atoms with E-state index in [0.29, 0.717) is 25.9 Å². The first-order valence-electron chi connectivity index (χ1n) is 7.15. The number of ether oxygens (including phenoxy) is 1. The molecule has 2 atom stereocenters. The standard InChI is InChI=1S/C16H21NO4/c1-11(12-3-5-14(21-2)6-4-12)9-15(18)17-8-7-13(10-17)16(19)20/h3-6,11,13H,7-10H2,1-2H3,(H,19,20). The van der Waals surface area contributed by atoms with Crippen LogP contribution in [0.5, 0.6) is 5.75 Å². The van der Waals surface area contributed by atoms with Gasteiger partial charge in [0.05, 0.1) is 13.0 Å². The first kappa shape index (κ1) is 15.4. The van der Waals surface area contributed by atoms with Gasteiger partial charge in [-0.2, -0.15) is 0 Å². The summed E-state index contributed by atoms with van der Waals surface area (Å²) in [6.07, 6.45) is 0.955. The van der Waals surface area contributed by atoms with E-state index >= 15 is 0 Å². The Kier molecular flexibility index (Phi) is 4.83. The van der Waals surface area contributed by atoms with E-state index in [0.717, 1.165) is 11.3 Å². The molecule has 1 aliphatic rings. The summed E-state index contributed by atoms with van der Waals surface area (Å²) in [6, 6.07) is 7.68. The Labute approximate surface area is 124 Å². The van der Waals surface area contributed by atoms with Gasteiger partial charge in [0.25, 0.3) is 0 Å². The van der Waals surface area contributed by atoms with Crippen LogP contribution in [0.3, 0.4) is 0 Å². The van der Waals surface area contributed by atoms with Crippen molar-refractivity contribution in [3.8, 4) is 5.75 Å². The number of carbonyl (C=O) groups excluding carboxylic acids is 1. The highest BCUT2D eigenvalue weighted by Crippen LogP contribution is 2.24. The maximum Gasteiger partial charge on any atom is 0.308 e. The number of hydrogen-bond donors (Lipinski definition) is 1. The van der Waals surface area contributed by atoms with Crippen molar-refractivity contribution >= 4 is 11.9 Å². The topological polar surface area (TPSA) is 66.8 Å². The first-order valence-corrected chi connectivity index (χ1v) is 7.15. The smallest absolute Gasteiger partial charge is 0.308 e. The Hall–Kier alpha value is -2.04. The number of rotatable bonds is 5. The average molecular weight is 291 g/mol. The molecule has 0 radical (unpaired) electrons. The van der Waals surface area contributed by atoms with E-state index in [9.17, 15) is 9.59 Å². The molecule has 1 amide bonds. The second-order valence-electron chi connectivity index (χ2n) is 5.54. The van der Waals surface area contributed by atoms with Crippen LogP contribution < -0.4 is 4.74 Å². The summed E-state index contributed by atoms with van der Waals surface area (Å²) in [5.74, 6) is -0.297. The van der Waals surface area contributed by atoms with Gasteiger partial charge in [-0.1, -0.05) is 19.1 Å². The van der Waals surface area contributed by atoms with Crippen LogP contribution in [0.25, 0.3) is 0 Å². The molecule has 0 saturated carbocycles. The molecule has 1 aromatic carbocycles. The van der Waals surface area contributed by atoms with Crippen molar-refractivity contribution in [3.63, 3.8) is 0 Å². The lowest BCUT2D eigenvalue weighted by Crippen LogP contribution is -2.30. The maximum absolute atomic E-state index is 12.2. The fraction of sp³-hybridized carbons (Fsp3) is 0.500. The summed E-state index contributed by atoms with van der Waals surface area (Å²) in [6.45, 7) is 2.89. The third-order valence-corrected chi connectivity index (χ3v) is 4.06. The number of carboxylic acids is 1. The van der Waals surface area contributed by atoms with Crippen molar-refractivity contribution in [1.82, 2.24) is 4.90 Å². The lowest BCUT2D eigenvalue weighted by molar-refractivity contribution is -0.141. The molecule has 5 nitrogen and oxygen atoms in total. The molecule has 2 unspecified atom stereocenters. The van der Waals surface area contributed by atoms with Gasteiger partial charge >= 0.3 is 5.97 Å². The van der Waals surface area contributed by atoms with Gasteiger partial charge in [0.15, 0.2) is 0 Å². The molecule has 0 spiro atoms. The first-order chi connectivity index (χ1) is 10.0. The Bertz CT molecular complexity index is 512. The van der Waals surface area contributed by atoms with E-state index in [-0.39, 0.29) is 11.8 Å². The third-order valence-electron chi connectivity index (χ3n) is 4.06. The lowest BCUT2D eigenvalue weighted by atomic mass is 9.97. The number of nitrogens with zero attached hydrogens (tertiary/aromatic N) is 1. The van der Waals surface area contributed by atoms with Crippen molar-refractivity contribution in [1.29, 1.82) is 0 Å². The van der Waals surface area contributed by atoms with Crippen LogP contribution in [0.1, 0.15) is 31.2 Å². The van der Waals surface area contributed by atoms with Crippen molar-refractivity contribution in [3.05, 3.63) is 29.8 Å². The van der Waals surface area contributed by atoms with Crippen molar-refractivity contribution < 1.29 is 19.4 Å². The minimum atomic E-state index is -0.812. The van der Waals surface area contributed by atoms with Crippen molar-refractivity contribution in [2.75, 3.05) is 20.2 Å². The zero-order valence-electron chi connectivity index (χ0n) is 12.4. The zero-order valence-corrected chi connectivity index (χ0v) is 12.4. The van der Waals surface area contributed by atoms with Crippen LogP contribution in [0.2, 0.25) is 0 Å². The molecule has 1 aliphatic heterocycles. The second kappa shape index (κ2) is 6.61. The quantitative estimate of drug-likeness (QED) is 0.902. The predicted octanol–water partition coefficient (Wildman–Crippen LogP) is 2.12. The summed E-state index contributed by atoms with van der Waals surface area (Å²) in [7, 11) is 1.62. The van der Waals surface area contributed by atoms with Crippen molar-refractivity contribution in [2.24, 2.45) is 5.92 Å². The van der Waals surface area contributed by atoms with Crippen LogP contribution >= 0.6 is 0 Å². The molecule has 2 rings (SSSR count). The summed E-state index contributed by atoms with van der Waals surface area (Å²) in [5, 5.41) is 8.97. The number of aliphatic carboxylic acids is 1. The van der Waals surface area contributed by atoms with E-state index < -0.39 is 11.9 Å². The Morgan fingerprint density at radius 2 is 2.05 bits per heavy atom. The molecular weight excluding hydrogens is 270 g/mol. The van der Waals surface area contributed by atoms with Gasteiger partial charge in [0, 0.05) is 19.5 Å². The molecule has 21 heavy (non-hydrogen) atoms. The number of likely N-dealkylation sites (tertiary alicyclic amines) is 1. The second-order valence-corrected chi connectivity index (χ2v) is 5.54. The van der Waals surface area contributed by atoms with Gasteiger partial charge in [0.2, 0.25) is 5.91 Å². The van der Waals surface area contributed by atoms with Gasteiger partial charge in [-0.3, -0.25) is 9.59 Å².